The van der Waals surface area contributed by atoms with Crippen molar-refractivity contribution in [1.29, 1.82) is 0 Å². The molecule has 0 atom stereocenters. The third-order valence-corrected chi connectivity index (χ3v) is 5.15. The van der Waals surface area contributed by atoms with Crippen LogP contribution in [0.1, 0.15) is 25.0 Å². The highest BCUT2D eigenvalue weighted by atomic mass is 32.2. The molecule has 1 saturated heterocycles. The second kappa shape index (κ2) is 7.75. The zero-order valence-electron chi connectivity index (χ0n) is 11.2. The van der Waals surface area contributed by atoms with Crippen molar-refractivity contribution >= 4 is 34.2 Å². The average molecular weight is 300 g/mol. The highest BCUT2D eigenvalue weighted by Crippen LogP contribution is 2.24. The summed E-state index contributed by atoms with van der Waals surface area (Å²) in [6.45, 7) is 1.02. The summed E-state index contributed by atoms with van der Waals surface area (Å²) < 4.78 is 4.62. The van der Waals surface area contributed by atoms with Crippen molar-refractivity contribution in [3.8, 4) is 0 Å². The number of nitrogens with zero attached hydrogens (tertiary/aromatic N) is 1. The van der Waals surface area contributed by atoms with Crippen LogP contribution in [0.3, 0.4) is 0 Å². The van der Waals surface area contributed by atoms with E-state index in [1.54, 1.807) is 11.3 Å². The van der Waals surface area contributed by atoms with E-state index in [0.717, 1.165) is 23.3 Å². The van der Waals surface area contributed by atoms with Crippen LogP contribution in [0.2, 0.25) is 0 Å². The molecular weight excluding hydrogens is 280 g/mol. The Balaban J connectivity index is 1.72. The van der Waals surface area contributed by atoms with Crippen molar-refractivity contribution in [3.05, 3.63) is 11.1 Å². The number of thiazole rings is 1. The van der Waals surface area contributed by atoms with Crippen LogP contribution in [0.5, 0.6) is 0 Å². The molecule has 106 valence electrons. The Hall–Kier alpha value is -0.750. The van der Waals surface area contributed by atoms with Gasteiger partial charge in [-0.05, 0) is 30.3 Å². The molecule has 6 heteroatoms. The topological polar surface area (TPSA) is 51.2 Å². The normalized spacial score (nSPS) is 16.3. The van der Waals surface area contributed by atoms with Crippen molar-refractivity contribution in [2.75, 3.05) is 30.5 Å². The maximum atomic E-state index is 11.1. The van der Waals surface area contributed by atoms with E-state index in [4.69, 9.17) is 0 Å². The summed E-state index contributed by atoms with van der Waals surface area (Å²) in [5, 5.41) is 6.40. The van der Waals surface area contributed by atoms with Gasteiger partial charge in [0.15, 0.2) is 5.13 Å². The van der Waals surface area contributed by atoms with E-state index in [1.165, 1.54) is 31.5 Å². The Kier molecular flexibility index (Phi) is 5.97. The number of carbonyl (C=O) groups excluding carboxylic acids is 1. The molecule has 0 bridgehead atoms. The molecule has 1 N–H and O–H groups in total. The first-order valence-corrected chi connectivity index (χ1v) is 8.64. The fraction of sp³-hybridized carbons (Fsp3) is 0.692. The standard InChI is InChI=1S/C13H20N2O2S2/c1-17-12(16)3-2-11-9-19-13(15-11)14-8-10-4-6-18-7-5-10/h9-10H,2-8H2,1H3,(H,14,15). The van der Waals surface area contributed by atoms with Gasteiger partial charge in [0.2, 0.25) is 0 Å². The molecule has 1 aliphatic heterocycles. The third kappa shape index (κ3) is 5.03. The lowest BCUT2D eigenvalue weighted by Crippen LogP contribution is -2.19. The van der Waals surface area contributed by atoms with Crippen LogP contribution in [-0.4, -0.2) is 36.1 Å². The molecule has 0 saturated carbocycles. The molecule has 0 spiro atoms. The minimum Gasteiger partial charge on any atom is -0.469 e. The SMILES string of the molecule is COC(=O)CCc1csc(NCC2CCSCC2)n1. The first kappa shape index (κ1) is 14.7. The number of esters is 1. The van der Waals surface area contributed by atoms with Gasteiger partial charge in [-0.15, -0.1) is 11.3 Å². The van der Waals surface area contributed by atoms with E-state index in [2.05, 4.69) is 26.8 Å². The van der Waals surface area contributed by atoms with E-state index >= 15 is 0 Å². The molecule has 0 aliphatic carbocycles. The smallest absolute Gasteiger partial charge is 0.305 e. The summed E-state index contributed by atoms with van der Waals surface area (Å²) in [5.41, 5.74) is 0.970. The van der Waals surface area contributed by atoms with Crippen molar-refractivity contribution in [2.24, 2.45) is 5.92 Å². The number of ether oxygens (including phenoxy) is 1. The largest absolute Gasteiger partial charge is 0.469 e. The van der Waals surface area contributed by atoms with Gasteiger partial charge in [-0.25, -0.2) is 4.98 Å². The Labute approximate surface area is 122 Å². The van der Waals surface area contributed by atoms with E-state index < -0.39 is 0 Å². The lowest BCUT2D eigenvalue weighted by molar-refractivity contribution is -0.140. The zero-order valence-corrected chi connectivity index (χ0v) is 12.8. The van der Waals surface area contributed by atoms with Crippen LogP contribution in [0.4, 0.5) is 5.13 Å². The van der Waals surface area contributed by atoms with Gasteiger partial charge in [-0.1, -0.05) is 0 Å². The second-order valence-corrected chi connectivity index (χ2v) is 6.74. The van der Waals surface area contributed by atoms with Gasteiger partial charge in [0.25, 0.3) is 0 Å². The van der Waals surface area contributed by atoms with Crippen molar-refractivity contribution < 1.29 is 9.53 Å². The highest BCUT2D eigenvalue weighted by Gasteiger charge is 2.14. The molecule has 0 amide bonds. The molecular formula is C13H20N2O2S2. The lowest BCUT2D eigenvalue weighted by Gasteiger charge is -2.21. The molecule has 1 aliphatic rings. The molecule has 2 rings (SSSR count). The number of thioether (sulfide) groups is 1. The Morgan fingerprint density at radius 1 is 1.53 bits per heavy atom. The van der Waals surface area contributed by atoms with Gasteiger partial charge in [0.1, 0.15) is 0 Å². The average Bonchev–Trinajstić information content (AvgIpc) is 2.91. The molecule has 19 heavy (non-hydrogen) atoms. The summed E-state index contributed by atoms with van der Waals surface area (Å²) in [4.78, 5) is 15.6. The van der Waals surface area contributed by atoms with Gasteiger partial charge in [0.05, 0.1) is 19.2 Å². The number of aromatic nitrogens is 1. The van der Waals surface area contributed by atoms with E-state index in [9.17, 15) is 4.79 Å². The van der Waals surface area contributed by atoms with E-state index in [0.29, 0.717) is 12.8 Å². The Morgan fingerprint density at radius 3 is 3.05 bits per heavy atom. The van der Waals surface area contributed by atoms with Crippen LogP contribution in [0.25, 0.3) is 0 Å². The van der Waals surface area contributed by atoms with E-state index in [1.807, 2.05) is 5.38 Å². The van der Waals surface area contributed by atoms with E-state index in [-0.39, 0.29) is 5.97 Å². The minimum atomic E-state index is -0.179. The minimum absolute atomic E-state index is 0.179. The molecule has 0 radical (unpaired) electrons. The number of aryl methyl sites for hydroxylation is 1. The predicted molar refractivity (Wildman–Crippen MR) is 81.0 cm³/mol. The second-order valence-electron chi connectivity index (χ2n) is 4.66. The fourth-order valence-electron chi connectivity index (χ4n) is 2.02. The van der Waals surface area contributed by atoms with Crippen LogP contribution in [-0.2, 0) is 16.0 Å². The summed E-state index contributed by atoms with van der Waals surface area (Å²) in [5.74, 6) is 3.18. The van der Waals surface area contributed by atoms with Crippen LogP contribution >= 0.6 is 23.1 Å². The van der Waals surface area contributed by atoms with Crippen molar-refractivity contribution in [2.45, 2.75) is 25.7 Å². The van der Waals surface area contributed by atoms with Gasteiger partial charge in [-0.2, -0.15) is 11.8 Å². The predicted octanol–water partition coefficient (Wildman–Crippen LogP) is 2.80. The number of nitrogens with one attached hydrogen (secondary N) is 1. The molecule has 4 nitrogen and oxygen atoms in total. The summed E-state index contributed by atoms with van der Waals surface area (Å²) in [7, 11) is 1.42. The summed E-state index contributed by atoms with van der Waals surface area (Å²) in [6.07, 6.45) is 3.67. The molecule has 2 heterocycles. The first-order chi connectivity index (χ1) is 9.28. The maximum absolute atomic E-state index is 11.1. The number of rotatable bonds is 6. The molecule has 1 aromatic heterocycles. The van der Waals surface area contributed by atoms with Gasteiger partial charge >= 0.3 is 5.97 Å². The van der Waals surface area contributed by atoms with Gasteiger partial charge < -0.3 is 10.1 Å². The van der Waals surface area contributed by atoms with Crippen molar-refractivity contribution in [1.82, 2.24) is 4.98 Å². The Morgan fingerprint density at radius 2 is 2.32 bits per heavy atom. The quantitative estimate of drug-likeness (QED) is 0.819. The number of hydrogen-bond donors (Lipinski definition) is 1. The van der Waals surface area contributed by atoms with Gasteiger partial charge in [0, 0.05) is 18.3 Å². The van der Waals surface area contributed by atoms with Crippen molar-refractivity contribution in [3.63, 3.8) is 0 Å². The molecule has 1 fully saturated rings. The molecule has 0 aromatic carbocycles. The number of carbonyl (C=O) groups is 1. The Bertz CT molecular complexity index is 403. The van der Waals surface area contributed by atoms with Crippen LogP contribution in [0.15, 0.2) is 5.38 Å². The third-order valence-electron chi connectivity index (χ3n) is 3.25. The zero-order chi connectivity index (χ0) is 13.5. The molecule has 0 unspecified atom stereocenters. The lowest BCUT2D eigenvalue weighted by atomic mass is 10.0. The number of hydrogen-bond acceptors (Lipinski definition) is 6. The monoisotopic (exact) mass is 300 g/mol. The van der Waals surface area contributed by atoms with Crippen LogP contribution in [0, 0.1) is 5.92 Å². The fourth-order valence-corrected chi connectivity index (χ4v) is 3.98. The number of anilines is 1. The van der Waals surface area contributed by atoms with Gasteiger partial charge in [-0.3, -0.25) is 4.79 Å². The highest BCUT2D eigenvalue weighted by molar-refractivity contribution is 7.99. The maximum Gasteiger partial charge on any atom is 0.305 e. The number of methoxy groups -OCH3 is 1. The molecule has 1 aromatic rings. The first-order valence-electron chi connectivity index (χ1n) is 6.60. The summed E-state index contributed by atoms with van der Waals surface area (Å²) in [6, 6.07) is 0. The summed E-state index contributed by atoms with van der Waals surface area (Å²) >= 11 is 3.67. The van der Waals surface area contributed by atoms with Crippen LogP contribution < -0.4 is 5.32 Å².